The summed E-state index contributed by atoms with van der Waals surface area (Å²) in [6.45, 7) is 9.82. The van der Waals surface area contributed by atoms with Gasteiger partial charge in [-0.1, -0.05) is 11.6 Å². The number of imide groups is 2. The van der Waals surface area contributed by atoms with Gasteiger partial charge in [0.05, 0.1) is 21.7 Å². The van der Waals surface area contributed by atoms with Crippen molar-refractivity contribution in [1.29, 1.82) is 5.26 Å². The Bertz CT molecular complexity index is 2210. The van der Waals surface area contributed by atoms with E-state index in [0.717, 1.165) is 125 Å². The molecule has 3 aromatic carbocycles. The van der Waals surface area contributed by atoms with Crippen molar-refractivity contribution in [1.82, 2.24) is 20.0 Å². The summed E-state index contributed by atoms with van der Waals surface area (Å²) < 4.78 is 0. The average molecular weight is 803 g/mol. The van der Waals surface area contributed by atoms with Crippen LogP contribution in [-0.4, -0.2) is 122 Å². The molecule has 0 aliphatic carbocycles. The molecule has 1 spiro atoms. The molecule has 5 saturated heterocycles. The number of nitrogens with one attached hydrogen (secondary N) is 1. The number of nitriles is 1. The summed E-state index contributed by atoms with van der Waals surface area (Å²) in [7, 11) is 0. The lowest BCUT2D eigenvalue weighted by Gasteiger charge is -2.40. The van der Waals surface area contributed by atoms with E-state index >= 15 is 0 Å². The Hall–Kier alpha value is -5.45. The van der Waals surface area contributed by atoms with E-state index in [0.29, 0.717) is 27.6 Å². The number of anilines is 3. The third kappa shape index (κ3) is 7.17. The van der Waals surface area contributed by atoms with Crippen molar-refractivity contribution in [2.45, 2.75) is 44.6 Å². The number of fused-ring (bicyclic) bond motifs is 1. The van der Waals surface area contributed by atoms with Gasteiger partial charge in [0.2, 0.25) is 11.8 Å². The molecule has 0 saturated carbocycles. The number of halogens is 1. The second kappa shape index (κ2) is 15.4. The number of likely N-dealkylation sites (tertiary alicyclic amines) is 1. The summed E-state index contributed by atoms with van der Waals surface area (Å²) in [6.07, 6.45) is 4.33. The molecule has 0 bridgehead atoms. The maximum absolute atomic E-state index is 13.6. The van der Waals surface area contributed by atoms with Gasteiger partial charge in [-0.2, -0.15) is 5.26 Å². The number of amides is 5. The highest BCUT2D eigenvalue weighted by atomic mass is 35.5. The lowest BCUT2D eigenvalue weighted by molar-refractivity contribution is -0.136. The van der Waals surface area contributed by atoms with Crippen LogP contribution in [0.4, 0.5) is 17.1 Å². The number of piperazine rings is 1. The van der Waals surface area contributed by atoms with Gasteiger partial charge in [0.25, 0.3) is 17.7 Å². The Kier molecular flexibility index (Phi) is 10.1. The minimum atomic E-state index is -0.970. The number of hydrogen-bond acceptors (Lipinski definition) is 10. The van der Waals surface area contributed by atoms with Gasteiger partial charge in [0, 0.05) is 101 Å². The van der Waals surface area contributed by atoms with E-state index in [1.807, 2.05) is 35.2 Å². The molecule has 0 radical (unpaired) electrons. The number of hydrogen-bond donors (Lipinski definition) is 1. The van der Waals surface area contributed by atoms with Crippen LogP contribution in [0.5, 0.6) is 0 Å². The minimum absolute atomic E-state index is 0.0943. The first-order valence-electron chi connectivity index (χ1n) is 20.5. The molecule has 9 rings (SSSR count). The molecule has 5 amide bonds. The highest BCUT2D eigenvalue weighted by Gasteiger charge is 2.45. The zero-order chi connectivity index (χ0) is 40.1. The van der Waals surface area contributed by atoms with E-state index in [1.54, 1.807) is 18.2 Å². The molecule has 1 N–H and O–H groups in total. The van der Waals surface area contributed by atoms with E-state index in [-0.39, 0.29) is 30.1 Å². The van der Waals surface area contributed by atoms with Crippen LogP contribution in [0.3, 0.4) is 0 Å². The van der Waals surface area contributed by atoms with Gasteiger partial charge < -0.3 is 19.6 Å². The Balaban J connectivity index is 0.731. The van der Waals surface area contributed by atoms with Crippen LogP contribution in [0, 0.1) is 22.7 Å². The topological polar surface area (TPSA) is 141 Å². The predicted molar refractivity (Wildman–Crippen MR) is 219 cm³/mol. The minimum Gasteiger partial charge on any atom is -0.371 e. The highest BCUT2D eigenvalue weighted by molar-refractivity contribution is 6.32. The molecule has 5 fully saturated rings. The molecule has 3 aromatic rings. The summed E-state index contributed by atoms with van der Waals surface area (Å²) in [6, 6.07) is 20.3. The number of benzene rings is 3. The second-order valence-corrected chi connectivity index (χ2v) is 17.3. The smallest absolute Gasteiger partial charge is 0.262 e. The van der Waals surface area contributed by atoms with Crippen molar-refractivity contribution in [3.05, 3.63) is 87.9 Å². The molecule has 6 aliphatic rings. The first-order valence-corrected chi connectivity index (χ1v) is 20.9. The number of nitrogens with zero attached hydrogens (tertiary/aromatic N) is 7. The molecular weight excluding hydrogens is 756 g/mol. The number of rotatable bonds is 7. The molecule has 6 heterocycles. The maximum atomic E-state index is 13.6. The summed E-state index contributed by atoms with van der Waals surface area (Å²) in [4.78, 5) is 76.8. The van der Waals surface area contributed by atoms with Crippen molar-refractivity contribution < 1.29 is 24.0 Å². The van der Waals surface area contributed by atoms with Gasteiger partial charge in [-0.05, 0) is 104 Å². The molecule has 58 heavy (non-hydrogen) atoms. The van der Waals surface area contributed by atoms with Crippen molar-refractivity contribution in [2.24, 2.45) is 11.3 Å². The maximum Gasteiger partial charge on any atom is 0.262 e. The van der Waals surface area contributed by atoms with Crippen LogP contribution in [-0.2, 0) is 9.59 Å². The van der Waals surface area contributed by atoms with Crippen LogP contribution >= 0.6 is 11.6 Å². The normalized spacial score (nSPS) is 23.5. The molecule has 0 aromatic heterocycles. The Morgan fingerprint density at radius 3 is 2.16 bits per heavy atom. The summed E-state index contributed by atoms with van der Waals surface area (Å²) >= 11 is 6.30. The zero-order valence-corrected chi connectivity index (χ0v) is 33.3. The first-order chi connectivity index (χ1) is 28.1. The van der Waals surface area contributed by atoms with Gasteiger partial charge in [-0.15, -0.1) is 0 Å². The van der Waals surface area contributed by atoms with Crippen molar-refractivity contribution in [3.63, 3.8) is 0 Å². The van der Waals surface area contributed by atoms with Crippen LogP contribution < -0.4 is 20.0 Å². The zero-order valence-electron chi connectivity index (χ0n) is 32.5. The first kappa shape index (κ1) is 38.1. The van der Waals surface area contributed by atoms with E-state index < -0.39 is 23.8 Å². The molecule has 14 heteroatoms. The third-order valence-electron chi connectivity index (χ3n) is 13.4. The van der Waals surface area contributed by atoms with E-state index in [1.165, 1.54) is 0 Å². The fraction of sp³-hybridized carbons (Fsp3) is 0.455. The Morgan fingerprint density at radius 1 is 0.759 bits per heavy atom. The molecule has 1 unspecified atom stereocenters. The van der Waals surface area contributed by atoms with Gasteiger partial charge in [-0.3, -0.25) is 39.1 Å². The van der Waals surface area contributed by atoms with Gasteiger partial charge in [0.1, 0.15) is 12.1 Å². The quantitative estimate of drug-likeness (QED) is 0.342. The van der Waals surface area contributed by atoms with Crippen LogP contribution in [0.1, 0.15) is 75.2 Å². The molecule has 6 aliphatic heterocycles. The predicted octanol–water partition coefficient (Wildman–Crippen LogP) is 4.39. The average Bonchev–Trinajstić information content (AvgIpc) is 3.95. The summed E-state index contributed by atoms with van der Waals surface area (Å²) in [5.41, 5.74) is 5.07. The van der Waals surface area contributed by atoms with Crippen molar-refractivity contribution in [3.8, 4) is 6.07 Å². The molecule has 13 nitrogen and oxygen atoms in total. The fourth-order valence-corrected chi connectivity index (χ4v) is 10.2. The van der Waals surface area contributed by atoms with Crippen LogP contribution in [0.15, 0.2) is 60.7 Å². The Labute approximate surface area is 343 Å². The standard InChI is InChI=1S/C44H47ClN8O5/c45-37-24-34(6-3-31(37)25-46)49-16-12-44(13-17-49)14-18-52(28-44)41(56)30-1-4-32(5-2-30)50-21-19-48(20-22-50)26-29-11-15-51(27-29)33-7-8-35-36(23-33)43(58)53(42(35)57)38-9-10-39(54)47-40(38)55/h1-8,23-24,29,38H,9-22,26-28H2,(H,47,54,55)/t29-,38?/m0/s1. The largest absolute Gasteiger partial charge is 0.371 e. The number of carbonyl (C=O) groups excluding carboxylic acids is 5. The Morgan fingerprint density at radius 2 is 1.43 bits per heavy atom. The van der Waals surface area contributed by atoms with Crippen LogP contribution in [0.2, 0.25) is 5.02 Å². The van der Waals surface area contributed by atoms with Gasteiger partial charge >= 0.3 is 0 Å². The second-order valence-electron chi connectivity index (χ2n) is 16.9. The highest BCUT2D eigenvalue weighted by Crippen LogP contribution is 2.42. The van der Waals surface area contributed by atoms with Gasteiger partial charge in [-0.25, -0.2) is 0 Å². The van der Waals surface area contributed by atoms with Crippen LogP contribution in [0.25, 0.3) is 0 Å². The number of carbonyl (C=O) groups is 5. The SMILES string of the molecule is N#Cc1ccc(N2CCC3(CCN(C(=O)c4ccc(N5CCN(C[C@@H]6CCN(c7ccc8c(c7)C(=O)N(C7CCC(=O)NC7=O)C8=O)C6)CC5)cc4)C3)CC2)cc1Cl. The van der Waals surface area contributed by atoms with E-state index in [4.69, 9.17) is 11.6 Å². The molecular formula is C44H47ClN8O5. The number of piperidine rings is 2. The van der Waals surface area contributed by atoms with E-state index in [2.05, 4.69) is 43.1 Å². The van der Waals surface area contributed by atoms with Crippen molar-refractivity contribution >= 4 is 58.2 Å². The summed E-state index contributed by atoms with van der Waals surface area (Å²) in [5, 5.41) is 12.0. The lowest BCUT2D eigenvalue weighted by Crippen LogP contribution is -2.54. The van der Waals surface area contributed by atoms with Gasteiger partial charge in [0.15, 0.2) is 0 Å². The fourth-order valence-electron chi connectivity index (χ4n) is 9.97. The van der Waals surface area contributed by atoms with E-state index in [9.17, 15) is 29.2 Å². The third-order valence-corrected chi connectivity index (χ3v) is 13.7. The molecule has 2 atom stereocenters. The molecule has 300 valence electrons. The van der Waals surface area contributed by atoms with Crippen molar-refractivity contribution in [2.75, 3.05) is 86.7 Å². The lowest BCUT2D eigenvalue weighted by atomic mass is 9.77. The summed E-state index contributed by atoms with van der Waals surface area (Å²) in [5.74, 6) is -1.38. The monoisotopic (exact) mass is 802 g/mol.